The van der Waals surface area contributed by atoms with Crippen LogP contribution in [0, 0.1) is 10.1 Å². The fraction of sp³-hybridized carbons (Fsp3) is 0.263. The van der Waals surface area contributed by atoms with E-state index in [-0.39, 0.29) is 25.6 Å². The topological polar surface area (TPSA) is 111 Å². The predicted octanol–water partition coefficient (Wildman–Crippen LogP) is 3.08. The molecule has 1 fully saturated rings. The van der Waals surface area contributed by atoms with Gasteiger partial charge in [0.05, 0.1) is 18.1 Å². The Kier molecular flexibility index (Phi) is 4.64. The number of imide groups is 1. The Morgan fingerprint density at radius 1 is 1.31 bits per heavy atom. The standard InChI is InChI=1S/C19H16ClN3O6/c1-19(14-4-2-3-5-15(14)20)17(24)22(18(25)21-19)8-11-6-13(23(26)27)7-12-9-28-10-29-16(11)12/h2-7H,8-10H2,1H3,(H,21,25)/t19-/m0/s1. The molecular weight excluding hydrogens is 402 g/mol. The number of halogens is 1. The summed E-state index contributed by atoms with van der Waals surface area (Å²) in [5.41, 5.74) is -0.215. The zero-order valence-corrected chi connectivity index (χ0v) is 16.1. The number of amides is 3. The molecule has 2 aromatic carbocycles. The second-order valence-corrected chi connectivity index (χ2v) is 7.29. The van der Waals surface area contributed by atoms with Crippen molar-refractivity contribution in [2.45, 2.75) is 25.6 Å². The molecule has 1 atom stereocenters. The average molecular weight is 418 g/mol. The minimum absolute atomic E-state index is 0.0186. The number of urea groups is 1. The second kappa shape index (κ2) is 7.02. The number of nitro groups is 1. The number of hydrogen-bond acceptors (Lipinski definition) is 6. The van der Waals surface area contributed by atoms with Crippen molar-refractivity contribution < 1.29 is 24.0 Å². The number of nitrogens with one attached hydrogen (secondary N) is 1. The van der Waals surface area contributed by atoms with Gasteiger partial charge in [0.2, 0.25) is 0 Å². The first-order valence-electron chi connectivity index (χ1n) is 8.71. The van der Waals surface area contributed by atoms with Crippen molar-refractivity contribution in [1.82, 2.24) is 10.2 Å². The van der Waals surface area contributed by atoms with Crippen LogP contribution in [0.2, 0.25) is 5.02 Å². The Morgan fingerprint density at radius 2 is 2.07 bits per heavy atom. The maximum atomic E-state index is 13.2. The SMILES string of the molecule is C[C@@]1(c2ccccc2Cl)NC(=O)N(Cc2cc([N+](=O)[O-])cc3c2OCOC3)C1=O. The van der Waals surface area contributed by atoms with E-state index in [1.54, 1.807) is 31.2 Å². The third-order valence-electron chi connectivity index (χ3n) is 5.00. The summed E-state index contributed by atoms with van der Waals surface area (Å²) in [5.74, 6) is -0.128. The van der Waals surface area contributed by atoms with Crippen LogP contribution >= 0.6 is 11.6 Å². The van der Waals surface area contributed by atoms with E-state index in [9.17, 15) is 19.7 Å². The van der Waals surface area contributed by atoms with E-state index >= 15 is 0 Å². The highest BCUT2D eigenvalue weighted by atomic mass is 35.5. The lowest BCUT2D eigenvalue weighted by Gasteiger charge is -2.24. The van der Waals surface area contributed by atoms with Gasteiger partial charge in [0.1, 0.15) is 11.3 Å². The quantitative estimate of drug-likeness (QED) is 0.465. The van der Waals surface area contributed by atoms with Crippen molar-refractivity contribution in [2.24, 2.45) is 0 Å². The Balaban J connectivity index is 1.71. The van der Waals surface area contributed by atoms with E-state index in [2.05, 4.69) is 5.32 Å². The number of non-ortho nitro benzene ring substituents is 1. The fourth-order valence-corrected chi connectivity index (χ4v) is 3.89. The lowest BCUT2D eigenvalue weighted by atomic mass is 9.92. The highest BCUT2D eigenvalue weighted by Crippen LogP contribution is 2.37. The summed E-state index contributed by atoms with van der Waals surface area (Å²) in [7, 11) is 0. The number of fused-ring (bicyclic) bond motifs is 1. The molecule has 0 bridgehead atoms. The number of hydrogen-bond donors (Lipinski definition) is 1. The van der Waals surface area contributed by atoms with Crippen molar-refractivity contribution in [1.29, 1.82) is 0 Å². The highest BCUT2D eigenvalue weighted by Gasteiger charge is 2.50. The summed E-state index contributed by atoms with van der Waals surface area (Å²) in [5, 5.41) is 14.3. The van der Waals surface area contributed by atoms with Gasteiger partial charge >= 0.3 is 6.03 Å². The van der Waals surface area contributed by atoms with Gasteiger partial charge in [0.25, 0.3) is 11.6 Å². The molecule has 2 heterocycles. The Morgan fingerprint density at radius 3 is 2.79 bits per heavy atom. The zero-order chi connectivity index (χ0) is 20.8. The molecule has 1 saturated heterocycles. The second-order valence-electron chi connectivity index (χ2n) is 6.89. The van der Waals surface area contributed by atoms with Crippen LogP contribution in [0.1, 0.15) is 23.6 Å². The number of nitro benzene ring substituents is 1. The van der Waals surface area contributed by atoms with Crippen LogP contribution in [0.15, 0.2) is 36.4 Å². The monoisotopic (exact) mass is 417 g/mol. The smallest absolute Gasteiger partial charge is 0.325 e. The molecule has 3 amide bonds. The number of carbonyl (C=O) groups is 2. The van der Waals surface area contributed by atoms with Gasteiger partial charge in [0, 0.05) is 33.8 Å². The molecule has 0 spiro atoms. The van der Waals surface area contributed by atoms with Crippen molar-refractivity contribution in [2.75, 3.05) is 6.79 Å². The maximum Gasteiger partial charge on any atom is 0.325 e. The van der Waals surface area contributed by atoms with E-state index in [4.69, 9.17) is 21.1 Å². The molecule has 150 valence electrons. The molecule has 2 aliphatic heterocycles. The van der Waals surface area contributed by atoms with Gasteiger partial charge in [-0.1, -0.05) is 29.8 Å². The molecule has 0 radical (unpaired) electrons. The number of ether oxygens (including phenoxy) is 2. The fourth-order valence-electron chi connectivity index (χ4n) is 3.56. The molecule has 1 N–H and O–H groups in total. The lowest BCUT2D eigenvalue weighted by Crippen LogP contribution is -2.41. The van der Waals surface area contributed by atoms with E-state index in [0.717, 1.165) is 4.90 Å². The molecule has 9 nitrogen and oxygen atoms in total. The molecule has 2 aliphatic rings. The number of benzene rings is 2. The normalized spacial score (nSPS) is 20.8. The minimum atomic E-state index is -1.35. The van der Waals surface area contributed by atoms with Gasteiger partial charge in [-0.05, 0) is 13.0 Å². The molecule has 2 aromatic rings. The third-order valence-corrected chi connectivity index (χ3v) is 5.33. The first-order valence-corrected chi connectivity index (χ1v) is 9.09. The first-order chi connectivity index (χ1) is 13.8. The van der Waals surface area contributed by atoms with Crippen molar-refractivity contribution in [3.63, 3.8) is 0 Å². The summed E-state index contributed by atoms with van der Waals surface area (Å²) in [6.45, 7) is 1.51. The summed E-state index contributed by atoms with van der Waals surface area (Å²) >= 11 is 6.23. The highest BCUT2D eigenvalue weighted by molar-refractivity contribution is 6.32. The maximum absolute atomic E-state index is 13.2. The van der Waals surface area contributed by atoms with Gasteiger partial charge in [0.15, 0.2) is 6.79 Å². The Labute approximate surface area is 170 Å². The zero-order valence-electron chi connectivity index (χ0n) is 15.3. The van der Waals surface area contributed by atoms with E-state index in [1.165, 1.54) is 12.1 Å². The van der Waals surface area contributed by atoms with Gasteiger partial charge in [-0.25, -0.2) is 4.79 Å². The average Bonchev–Trinajstić information content (AvgIpc) is 2.91. The molecule has 0 unspecified atom stereocenters. The molecule has 4 rings (SSSR count). The van der Waals surface area contributed by atoms with E-state index in [0.29, 0.717) is 27.5 Å². The van der Waals surface area contributed by atoms with Crippen LogP contribution in [0.4, 0.5) is 10.5 Å². The molecular formula is C19H16ClN3O6. The molecule has 0 aromatic heterocycles. The van der Waals surface area contributed by atoms with E-state index < -0.39 is 22.4 Å². The molecule has 0 aliphatic carbocycles. The predicted molar refractivity (Wildman–Crippen MR) is 101 cm³/mol. The summed E-state index contributed by atoms with van der Waals surface area (Å²) in [6, 6.07) is 8.79. The van der Waals surface area contributed by atoms with Crippen LogP contribution in [0.25, 0.3) is 0 Å². The van der Waals surface area contributed by atoms with Crippen LogP contribution in [-0.4, -0.2) is 28.6 Å². The lowest BCUT2D eigenvalue weighted by molar-refractivity contribution is -0.385. The van der Waals surface area contributed by atoms with Crippen LogP contribution in [0.5, 0.6) is 5.75 Å². The van der Waals surface area contributed by atoms with Crippen molar-refractivity contribution in [3.8, 4) is 5.75 Å². The first kappa shape index (κ1) is 19.2. The minimum Gasteiger partial charge on any atom is -0.467 e. The number of carbonyl (C=O) groups excluding carboxylic acids is 2. The van der Waals surface area contributed by atoms with Crippen LogP contribution in [0.3, 0.4) is 0 Å². The Bertz CT molecular complexity index is 1040. The number of rotatable bonds is 4. The number of nitrogens with zero attached hydrogens (tertiary/aromatic N) is 2. The summed E-state index contributed by atoms with van der Waals surface area (Å²) in [6.07, 6.45) is 0. The van der Waals surface area contributed by atoms with Crippen LogP contribution in [-0.2, 0) is 28.2 Å². The molecule has 10 heteroatoms. The summed E-state index contributed by atoms with van der Waals surface area (Å²) < 4.78 is 10.7. The van der Waals surface area contributed by atoms with Gasteiger partial charge < -0.3 is 14.8 Å². The van der Waals surface area contributed by atoms with Gasteiger partial charge in [-0.15, -0.1) is 0 Å². The Hall–Kier alpha value is -3.17. The summed E-state index contributed by atoms with van der Waals surface area (Å²) in [4.78, 5) is 37.5. The van der Waals surface area contributed by atoms with Crippen molar-refractivity contribution >= 4 is 29.2 Å². The van der Waals surface area contributed by atoms with Crippen LogP contribution < -0.4 is 10.1 Å². The molecule has 29 heavy (non-hydrogen) atoms. The van der Waals surface area contributed by atoms with Crippen molar-refractivity contribution in [3.05, 3.63) is 68.2 Å². The third kappa shape index (κ3) is 3.18. The molecule has 0 saturated carbocycles. The van der Waals surface area contributed by atoms with Gasteiger partial charge in [-0.3, -0.25) is 19.8 Å². The van der Waals surface area contributed by atoms with Gasteiger partial charge in [-0.2, -0.15) is 0 Å². The van der Waals surface area contributed by atoms with E-state index in [1.807, 2.05) is 0 Å². The largest absolute Gasteiger partial charge is 0.467 e.